The lowest BCUT2D eigenvalue weighted by Gasteiger charge is -2.34. The molecule has 2 amide bonds. The van der Waals surface area contributed by atoms with Crippen LogP contribution in [0.5, 0.6) is 16.7 Å². The first kappa shape index (κ1) is 45.3. The third kappa shape index (κ3) is 10.9. The molecule has 0 saturated carbocycles. The van der Waals surface area contributed by atoms with Gasteiger partial charge in [-0.25, -0.2) is 22.5 Å². The number of nitrogens with one attached hydrogen (secondary N) is 3. The predicted molar refractivity (Wildman–Crippen MR) is 229 cm³/mol. The number of aromatic nitrogens is 4. The molecular formula is C43H40F4N8O4S2. The molecule has 12 nitrogen and oxygen atoms in total. The molecule has 0 radical (unpaired) electrons. The molecule has 18 heteroatoms. The number of anilines is 1. The largest absolute Gasteiger partial charge is 0.432 e. The number of ether oxygens (including phenoxy) is 2. The second kappa shape index (κ2) is 20.0. The van der Waals surface area contributed by atoms with Crippen LogP contribution < -0.4 is 31.2 Å². The Balaban J connectivity index is 0.000000223. The summed E-state index contributed by atoms with van der Waals surface area (Å²) in [6.45, 7) is 11.4. The topological polar surface area (TPSA) is 166 Å². The van der Waals surface area contributed by atoms with Gasteiger partial charge in [-0.15, -0.1) is 0 Å². The zero-order chi connectivity index (χ0) is 44.4. The van der Waals surface area contributed by atoms with Crippen molar-refractivity contribution < 1.29 is 36.6 Å². The van der Waals surface area contributed by atoms with Crippen molar-refractivity contribution in [1.29, 1.82) is 0 Å². The van der Waals surface area contributed by atoms with Crippen LogP contribution in [0.2, 0.25) is 0 Å². The van der Waals surface area contributed by atoms with Crippen molar-refractivity contribution in [3.63, 3.8) is 0 Å². The first-order valence-electron chi connectivity index (χ1n) is 18.6. The molecule has 7 rings (SSSR count). The van der Waals surface area contributed by atoms with E-state index in [4.69, 9.17) is 27.4 Å². The second-order valence-corrected chi connectivity index (χ2v) is 14.3. The Morgan fingerprint density at radius 1 is 0.885 bits per heavy atom. The normalized spacial score (nSPS) is 14.9. The van der Waals surface area contributed by atoms with E-state index in [-0.39, 0.29) is 17.5 Å². The van der Waals surface area contributed by atoms with E-state index in [9.17, 15) is 27.2 Å². The van der Waals surface area contributed by atoms with Crippen LogP contribution in [-0.2, 0) is 0 Å². The lowest BCUT2D eigenvalue weighted by atomic mass is 9.84. The van der Waals surface area contributed by atoms with Gasteiger partial charge in [0.15, 0.2) is 29.1 Å². The van der Waals surface area contributed by atoms with Gasteiger partial charge in [0.1, 0.15) is 17.3 Å². The number of hydrogen-bond donors (Lipinski definition) is 4. The van der Waals surface area contributed by atoms with Crippen LogP contribution in [0.4, 0.5) is 23.4 Å². The van der Waals surface area contributed by atoms with Crippen LogP contribution >= 0.6 is 23.8 Å². The van der Waals surface area contributed by atoms with Crippen molar-refractivity contribution in [2.75, 3.05) is 11.9 Å². The third-order valence-corrected chi connectivity index (χ3v) is 9.85. The van der Waals surface area contributed by atoms with Gasteiger partial charge < -0.3 is 31.2 Å². The smallest absolute Gasteiger partial charge is 0.298 e. The zero-order valence-electron chi connectivity index (χ0n) is 33.7. The third-order valence-electron chi connectivity index (χ3n) is 8.93. The van der Waals surface area contributed by atoms with Gasteiger partial charge in [-0.3, -0.25) is 14.6 Å². The van der Waals surface area contributed by atoms with Gasteiger partial charge in [-0.05, 0) is 105 Å². The average molecular weight is 873 g/mol. The van der Waals surface area contributed by atoms with E-state index in [1.54, 1.807) is 32.0 Å². The summed E-state index contributed by atoms with van der Waals surface area (Å²) in [6, 6.07) is 17.7. The van der Waals surface area contributed by atoms with Crippen molar-refractivity contribution in [2.24, 2.45) is 5.73 Å². The maximum Gasteiger partial charge on any atom is 0.298 e. The van der Waals surface area contributed by atoms with E-state index >= 15 is 0 Å². The Bertz CT molecular complexity index is 2610. The maximum absolute atomic E-state index is 14.1. The molecule has 316 valence electrons. The summed E-state index contributed by atoms with van der Waals surface area (Å²) in [5, 5.41) is 8.64. The number of amides is 2. The minimum absolute atomic E-state index is 0.104. The average Bonchev–Trinajstić information content (AvgIpc) is 3.67. The summed E-state index contributed by atoms with van der Waals surface area (Å²) < 4.78 is 70.1. The molecule has 3 heterocycles. The van der Waals surface area contributed by atoms with E-state index < -0.39 is 51.7 Å². The summed E-state index contributed by atoms with van der Waals surface area (Å²) >= 11 is 6.33. The molecule has 1 aliphatic heterocycles. The predicted octanol–water partition coefficient (Wildman–Crippen LogP) is 8.99. The fourth-order valence-electron chi connectivity index (χ4n) is 5.88. The van der Waals surface area contributed by atoms with E-state index in [0.717, 1.165) is 45.9 Å². The number of nitrogens with zero attached hydrogens (tertiary/aromatic N) is 4. The monoisotopic (exact) mass is 872 g/mol. The number of benzene rings is 4. The summed E-state index contributed by atoms with van der Waals surface area (Å²) in [6.07, 6.45) is 4.19. The second-order valence-electron chi connectivity index (χ2n) is 13.2. The van der Waals surface area contributed by atoms with Gasteiger partial charge in [0, 0.05) is 35.4 Å². The molecule has 5 N–H and O–H groups in total. The SMILES string of the molecule is CC.Cc1ccc2cc1/C(=C/N)C(C)(NC(=O)c1cccc(F)c1F)CNC(=S)O2.Cc1nsc(Oc2ccc(C)c(-c3cnc(NC(=O)c4cccc(F)c4F)cn3)c2)n1. The molecule has 1 aliphatic rings. The van der Waals surface area contributed by atoms with Crippen LogP contribution in [0.15, 0.2) is 91.4 Å². The zero-order valence-corrected chi connectivity index (χ0v) is 35.3. The molecule has 1 atom stereocenters. The van der Waals surface area contributed by atoms with Gasteiger partial charge in [-0.2, -0.15) is 9.36 Å². The molecular weight excluding hydrogens is 833 g/mol. The van der Waals surface area contributed by atoms with Gasteiger partial charge >= 0.3 is 0 Å². The summed E-state index contributed by atoms with van der Waals surface area (Å²) in [4.78, 5) is 37.6. The highest BCUT2D eigenvalue weighted by atomic mass is 32.1. The first-order chi connectivity index (χ1) is 29.1. The summed E-state index contributed by atoms with van der Waals surface area (Å²) in [7, 11) is 0. The molecule has 61 heavy (non-hydrogen) atoms. The maximum atomic E-state index is 14.1. The van der Waals surface area contributed by atoms with Crippen LogP contribution in [-0.4, -0.2) is 48.4 Å². The van der Waals surface area contributed by atoms with E-state index in [2.05, 4.69) is 35.3 Å². The lowest BCUT2D eigenvalue weighted by molar-refractivity contribution is 0.0919. The number of aryl methyl sites for hydroxylation is 3. The quantitative estimate of drug-likeness (QED) is 0.0894. The van der Waals surface area contributed by atoms with Gasteiger partial charge in [0.25, 0.3) is 22.2 Å². The number of nitrogens with two attached hydrogens (primary N) is 1. The van der Waals surface area contributed by atoms with Crippen molar-refractivity contribution in [2.45, 2.75) is 47.1 Å². The Kier molecular flexibility index (Phi) is 14.8. The number of hydrogen-bond acceptors (Lipinski definition) is 11. The van der Waals surface area contributed by atoms with Crippen molar-refractivity contribution >= 4 is 52.1 Å². The van der Waals surface area contributed by atoms with E-state index in [1.165, 1.54) is 42.9 Å². The molecule has 4 aromatic carbocycles. The van der Waals surface area contributed by atoms with Crippen molar-refractivity contribution in [3.05, 3.63) is 148 Å². The van der Waals surface area contributed by atoms with Gasteiger partial charge in [0.05, 0.1) is 34.8 Å². The molecule has 2 bridgehead atoms. The number of carbonyl (C=O) groups excluding carboxylic acids is 2. The molecule has 0 spiro atoms. The lowest BCUT2D eigenvalue weighted by Crippen LogP contribution is -2.54. The molecule has 2 aromatic heterocycles. The molecule has 0 fully saturated rings. The fourth-order valence-corrected chi connectivity index (χ4v) is 6.60. The van der Waals surface area contributed by atoms with Crippen molar-refractivity contribution in [3.8, 4) is 28.0 Å². The molecule has 0 aliphatic carbocycles. The van der Waals surface area contributed by atoms with Crippen LogP contribution in [0.3, 0.4) is 0 Å². The number of carbonyl (C=O) groups is 2. The number of fused-ring (bicyclic) bond motifs is 2. The number of rotatable bonds is 7. The van der Waals surface area contributed by atoms with Gasteiger partial charge in [-0.1, -0.05) is 38.1 Å². The highest BCUT2D eigenvalue weighted by Gasteiger charge is 2.35. The van der Waals surface area contributed by atoms with Crippen LogP contribution in [0, 0.1) is 44.0 Å². The fraction of sp³-hybridized carbons (Fsp3) is 0.186. The van der Waals surface area contributed by atoms with Crippen molar-refractivity contribution in [1.82, 2.24) is 30.0 Å². The van der Waals surface area contributed by atoms with E-state index in [0.29, 0.717) is 33.8 Å². The highest BCUT2D eigenvalue weighted by molar-refractivity contribution is 7.80. The number of halogens is 4. The van der Waals surface area contributed by atoms with E-state index in [1.807, 2.05) is 45.9 Å². The van der Waals surface area contributed by atoms with Crippen LogP contribution in [0.25, 0.3) is 16.8 Å². The standard InChI is InChI=1S/C21H15F2N5O2S.C20H19F2N3O2S.C2H6/c1-11-6-7-13(30-21-26-12(2)28-31-21)8-15(11)17-9-25-18(10-24-17)27-20(29)14-4-3-5-16(22)19(14)23;1-11-6-7-12-8-14(11)15(9-23)20(2,10-24-19(28)27-12)25-18(26)13-4-3-5-16(21)17(13)22;1-2/h3-10H,1-2H3,(H,25,27,29);3-9H,10,23H2,1-2H3,(H,24,28)(H,25,26);1-2H3/b;15-9-;. The first-order valence-corrected chi connectivity index (χ1v) is 19.8. The highest BCUT2D eigenvalue weighted by Crippen LogP contribution is 2.33. The summed E-state index contributed by atoms with van der Waals surface area (Å²) in [5.74, 6) is -4.41. The molecule has 6 aromatic rings. The minimum Gasteiger partial charge on any atom is -0.432 e. The van der Waals surface area contributed by atoms with Gasteiger partial charge in [0.2, 0.25) is 0 Å². The Labute approximate surface area is 358 Å². The summed E-state index contributed by atoms with van der Waals surface area (Å²) in [5.41, 5.74) is 8.49. The Morgan fingerprint density at radius 3 is 2.13 bits per heavy atom. The number of thiocarbonyl (C=S) groups is 1. The van der Waals surface area contributed by atoms with Crippen LogP contribution in [0.1, 0.15) is 64.0 Å². The Hall–Kier alpha value is -6.79. The molecule has 1 unspecified atom stereocenters. The minimum atomic E-state index is -1.22. The molecule has 0 saturated heterocycles. The Morgan fingerprint density at radius 2 is 1.52 bits per heavy atom.